The summed E-state index contributed by atoms with van der Waals surface area (Å²) in [6.07, 6.45) is 0.789. The van der Waals surface area contributed by atoms with Gasteiger partial charge in [-0.3, -0.25) is 0 Å². The summed E-state index contributed by atoms with van der Waals surface area (Å²) in [4.78, 5) is 24.1. The fourth-order valence-corrected chi connectivity index (χ4v) is 1.40. The van der Waals surface area contributed by atoms with E-state index in [-0.39, 0.29) is 12.1 Å². The Balaban J connectivity index is 2.54. The van der Waals surface area contributed by atoms with Crippen LogP contribution in [0.3, 0.4) is 0 Å². The Morgan fingerprint density at radius 3 is 2.56 bits per heavy atom. The first kappa shape index (κ1) is 12.8. The minimum Gasteiger partial charge on any atom is -0.480 e. The van der Waals surface area contributed by atoms with Crippen molar-refractivity contribution in [3.05, 3.63) is 0 Å². The zero-order chi connectivity index (χ0) is 12.3. The van der Waals surface area contributed by atoms with E-state index >= 15 is 0 Å². The first-order chi connectivity index (χ1) is 7.34. The Morgan fingerprint density at radius 2 is 2.12 bits per heavy atom. The van der Waals surface area contributed by atoms with Gasteiger partial charge in [0, 0.05) is 13.7 Å². The number of urea groups is 1. The molecule has 1 unspecified atom stereocenters. The number of hydrogen-bond donors (Lipinski definition) is 2. The number of nitrogens with zero attached hydrogens (tertiary/aromatic N) is 1. The fraction of sp³-hybridized carbons (Fsp3) is 0.800. The maximum atomic E-state index is 11.7. The summed E-state index contributed by atoms with van der Waals surface area (Å²) in [7, 11) is 1.65. The molecule has 0 spiro atoms. The van der Waals surface area contributed by atoms with Gasteiger partial charge in [-0.1, -0.05) is 0 Å². The summed E-state index contributed by atoms with van der Waals surface area (Å²) in [5.41, 5.74) is -1.26. The number of aliphatic carboxylic acids is 1. The first-order valence-electron chi connectivity index (χ1n) is 5.20. The molecule has 1 aliphatic rings. The SMILES string of the molecule is CN(C(=O)NC(C)(C)C(=O)O)C1CCOC1. The van der Waals surface area contributed by atoms with Crippen LogP contribution in [0.25, 0.3) is 0 Å². The van der Waals surface area contributed by atoms with Crippen LogP contribution in [0.5, 0.6) is 0 Å². The number of carbonyl (C=O) groups is 2. The molecule has 6 heteroatoms. The average molecular weight is 230 g/mol. The van der Waals surface area contributed by atoms with Crippen LogP contribution in [0.15, 0.2) is 0 Å². The van der Waals surface area contributed by atoms with E-state index in [0.29, 0.717) is 13.2 Å². The van der Waals surface area contributed by atoms with Crippen LogP contribution in [0, 0.1) is 0 Å². The van der Waals surface area contributed by atoms with Gasteiger partial charge >= 0.3 is 12.0 Å². The molecule has 0 aromatic rings. The lowest BCUT2D eigenvalue weighted by molar-refractivity contribution is -0.143. The van der Waals surface area contributed by atoms with Crippen molar-refractivity contribution in [2.24, 2.45) is 0 Å². The van der Waals surface area contributed by atoms with Crippen molar-refractivity contribution in [2.75, 3.05) is 20.3 Å². The van der Waals surface area contributed by atoms with Crippen LogP contribution in [-0.2, 0) is 9.53 Å². The number of carboxylic acids is 1. The third-order valence-corrected chi connectivity index (χ3v) is 2.73. The lowest BCUT2D eigenvalue weighted by Gasteiger charge is -2.28. The normalized spacial score (nSPS) is 20.6. The molecule has 2 N–H and O–H groups in total. The molecule has 1 rings (SSSR count). The maximum absolute atomic E-state index is 11.7. The molecule has 1 saturated heterocycles. The van der Waals surface area contributed by atoms with Crippen LogP contribution in [0.1, 0.15) is 20.3 Å². The molecule has 1 fully saturated rings. The molecule has 0 aromatic carbocycles. The van der Waals surface area contributed by atoms with Crippen LogP contribution < -0.4 is 5.32 Å². The van der Waals surface area contributed by atoms with Gasteiger partial charge in [0.25, 0.3) is 0 Å². The second-order valence-electron chi connectivity index (χ2n) is 4.49. The van der Waals surface area contributed by atoms with Crippen molar-refractivity contribution in [1.29, 1.82) is 0 Å². The second-order valence-corrected chi connectivity index (χ2v) is 4.49. The van der Waals surface area contributed by atoms with Crippen molar-refractivity contribution in [3.8, 4) is 0 Å². The van der Waals surface area contributed by atoms with E-state index in [1.54, 1.807) is 7.05 Å². The third kappa shape index (κ3) is 2.85. The lowest BCUT2D eigenvalue weighted by atomic mass is 10.1. The first-order valence-corrected chi connectivity index (χ1v) is 5.20. The number of rotatable bonds is 3. The summed E-state index contributed by atoms with van der Waals surface area (Å²) in [5.74, 6) is -1.06. The van der Waals surface area contributed by atoms with Gasteiger partial charge < -0.3 is 20.1 Å². The Kier molecular flexibility index (Phi) is 3.74. The number of ether oxygens (including phenoxy) is 1. The highest BCUT2D eigenvalue weighted by atomic mass is 16.5. The van der Waals surface area contributed by atoms with E-state index in [9.17, 15) is 9.59 Å². The molecule has 1 atom stereocenters. The van der Waals surface area contributed by atoms with E-state index in [1.807, 2.05) is 0 Å². The third-order valence-electron chi connectivity index (χ3n) is 2.73. The van der Waals surface area contributed by atoms with Gasteiger partial charge in [0.2, 0.25) is 0 Å². The summed E-state index contributed by atoms with van der Waals surface area (Å²) in [6, 6.07) is -0.354. The van der Waals surface area contributed by atoms with Gasteiger partial charge in [0.1, 0.15) is 5.54 Å². The number of hydrogen-bond acceptors (Lipinski definition) is 3. The molecule has 16 heavy (non-hydrogen) atoms. The predicted octanol–water partition coefficient (Wildman–Crippen LogP) is 0.280. The smallest absolute Gasteiger partial charge is 0.328 e. The van der Waals surface area contributed by atoms with Crippen molar-refractivity contribution >= 4 is 12.0 Å². The summed E-state index contributed by atoms with van der Waals surface area (Å²) in [5, 5.41) is 11.3. The molecular formula is C10H18N2O4. The largest absolute Gasteiger partial charge is 0.480 e. The van der Waals surface area contributed by atoms with Gasteiger partial charge in [-0.15, -0.1) is 0 Å². The molecular weight excluding hydrogens is 212 g/mol. The van der Waals surface area contributed by atoms with Gasteiger partial charge in [-0.2, -0.15) is 0 Å². The number of carboxylic acid groups (broad SMARTS) is 1. The quantitative estimate of drug-likeness (QED) is 0.730. The van der Waals surface area contributed by atoms with Crippen LogP contribution in [0.2, 0.25) is 0 Å². The van der Waals surface area contributed by atoms with Crippen LogP contribution in [-0.4, -0.2) is 53.8 Å². The topological polar surface area (TPSA) is 78.9 Å². The standard InChI is InChI=1S/C10H18N2O4/c1-10(2,8(13)14)11-9(15)12(3)7-4-5-16-6-7/h7H,4-6H2,1-3H3,(H,11,15)(H,13,14). The number of nitrogens with one attached hydrogen (secondary N) is 1. The van der Waals surface area contributed by atoms with Gasteiger partial charge in [-0.25, -0.2) is 9.59 Å². The van der Waals surface area contributed by atoms with Gasteiger partial charge in [0.15, 0.2) is 0 Å². The molecule has 2 amide bonds. The molecule has 6 nitrogen and oxygen atoms in total. The molecule has 1 aliphatic heterocycles. The van der Waals surface area contributed by atoms with Crippen LogP contribution >= 0.6 is 0 Å². The molecule has 0 aromatic heterocycles. The highest BCUT2D eigenvalue weighted by Crippen LogP contribution is 2.12. The zero-order valence-corrected chi connectivity index (χ0v) is 9.82. The van der Waals surface area contributed by atoms with Crippen molar-refractivity contribution in [1.82, 2.24) is 10.2 Å². The Morgan fingerprint density at radius 1 is 1.50 bits per heavy atom. The molecule has 0 bridgehead atoms. The Hall–Kier alpha value is -1.30. The zero-order valence-electron chi connectivity index (χ0n) is 9.82. The predicted molar refractivity (Wildman–Crippen MR) is 57.2 cm³/mol. The summed E-state index contributed by atoms with van der Waals surface area (Å²) in [6.45, 7) is 4.06. The van der Waals surface area contributed by atoms with E-state index in [0.717, 1.165) is 6.42 Å². The lowest BCUT2D eigenvalue weighted by Crippen LogP contribution is -2.55. The van der Waals surface area contributed by atoms with E-state index in [1.165, 1.54) is 18.7 Å². The van der Waals surface area contributed by atoms with Gasteiger partial charge in [-0.05, 0) is 20.3 Å². The molecule has 0 radical (unpaired) electrons. The molecule has 92 valence electrons. The summed E-state index contributed by atoms with van der Waals surface area (Å²) >= 11 is 0. The van der Waals surface area contributed by atoms with Crippen LogP contribution in [0.4, 0.5) is 4.79 Å². The molecule has 0 aliphatic carbocycles. The van der Waals surface area contributed by atoms with Gasteiger partial charge in [0.05, 0.1) is 12.6 Å². The van der Waals surface area contributed by atoms with Crippen molar-refractivity contribution < 1.29 is 19.4 Å². The highest BCUT2D eigenvalue weighted by molar-refractivity contribution is 5.85. The maximum Gasteiger partial charge on any atom is 0.328 e. The molecule has 0 saturated carbocycles. The highest BCUT2D eigenvalue weighted by Gasteiger charge is 2.32. The minimum absolute atomic E-state index is 0.0320. The Labute approximate surface area is 94.6 Å². The number of likely N-dealkylation sites (N-methyl/N-ethyl adjacent to an activating group) is 1. The number of carbonyl (C=O) groups excluding carboxylic acids is 1. The number of amides is 2. The van der Waals surface area contributed by atoms with E-state index in [2.05, 4.69) is 5.32 Å². The van der Waals surface area contributed by atoms with Crippen molar-refractivity contribution in [2.45, 2.75) is 31.8 Å². The van der Waals surface area contributed by atoms with E-state index in [4.69, 9.17) is 9.84 Å². The fourth-order valence-electron chi connectivity index (χ4n) is 1.40. The van der Waals surface area contributed by atoms with E-state index < -0.39 is 11.5 Å². The average Bonchev–Trinajstić information content (AvgIpc) is 2.68. The summed E-state index contributed by atoms with van der Waals surface area (Å²) < 4.78 is 5.17. The van der Waals surface area contributed by atoms with Crippen molar-refractivity contribution in [3.63, 3.8) is 0 Å². The molecule has 1 heterocycles. The second kappa shape index (κ2) is 4.69. The Bertz CT molecular complexity index is 285. The minimum atomic E-state index is -1.26. The monoisotopic (exact) mass is 230 g/mol.